The summed E-state index contributed by atoms with van der Waals surface area (Å²) in [6.07, 6.45) is 2.11. The van der Waals surface area contributed by atoms with E-state index in [9.17, 15) is 13.2 Å². The summed E-state index contributed by atoms with van der Waals surface area (Å²) in [4.78, 5) is 15.2. The Morgan fingerprint density at radius 1 is 1.22 bits per heavy atom. The highest BCUT2D eigenvalue weighted by atomic mass is 32.2. The van der Waals surface area contributed by atoms with Crippen molar-refractivity contribution in [2.75, 3.05) is 49.7 Å². The Kier molecular flexibility index (Phi) is 9.41. The monoisotopic (exact) mass is 540 g/mol. The predicted molar refractivity (Wildman–Crippen MR) is 148 cm³/mol. The molecule has 3 N–H and O–H groups in total. The van der Waals surface area contributed by atoms with Crippen LogP contribution in [0.15, 0.2) is 24.3 Å². The van der Waals surface area contributed by atoms with Crippen molar-refractivity contribution in [3.63, 3.8) is 0 Å². The Balaban J connectivity index is 1.55. The number of benzene rings is 1. The van der Waals surface area contributed by atoms with Gasteiger partial charge in [-0.05, 0) is 42.7 Å². The Hall–Kier alpha value is -1.33. The third-order valence-electron chi connectivity index (χ3n) is 8.73. The van der Waals surface area contributed by atoms with Crippen molar-refractivity contribution in [1.29, 1.82) is 0 Å². The second-order valence-corrected chi connectivity index (χ2v) is 14.6. The van der Waals surface area contributed by atoms with E-state index in [-0.39, 0.29) is 35.0 Å². The molecule has 1 aromatic rings. The molecule has 1 amide bonds. The number of hydrogen-bond donors (Lipinski definition) is 2. The average molecular weight is 541 g/mol. The van der Waals surface area contributed by atoms with Crippen molar-refractivity contribution in [2.45, 2.75) is 59.5 Å². The smallest absolute Gasteiger partial charge is 0.237 e. The fourth-order valence-electron chi connectivity index (χ4n) is 5.32. The van der Waals surface area contributed by atoms with Gasteiger partial charge in [0.2, 0.25) is 5.91 Å². The number of rotatable bonds is 10. The topological polar surface area (TPSA) is 105 Å². The molecule has 4 atom stereocenters. The fourth-order valence-corrected chi connectivity index (χ4v) is 6.76. The fraction of sp³-hybridized carbons (Fsp3) is 0.731. The summed E-state index contributed by atoms with van der Waals surface area (Å²) < 4.78 is 31.4. The number of hydrogen-bond acceptors (Lipinski definition) is 8. The molecule has 0 bridgehead atoms. The maximum absolute atomic E-state index is 12.8. The van der Waals surface area contributed by atoms with E-state index >= 15 is 0 Å². The summed E-state index contributed by atoms with van der Waals surface area (Å²) in [7, 11) is -3.16. The van der Waals surface area contributed by atoms with Gasteiger partial charge in [-0.25, -0.2) is 12.7 Å². The second-order valence-electron chi connectivity index (χ2n) is 11.4. The van der Waals surface area contributed by atoms with Crippen LogP contribution in [0.25, 0.3) is 0 Å². The van der Waals surface area contributed by atoms with Gasteiger partial charge in [-0.3, -0.25) is 4.79 Å². The van der Waals surface area contributed by atoms with Crippen LogP contribution in [0.2, 0.25) is 0 Å². The Bertz CT molecular complexity index is 1010. The molecule has 2 aliphatic rings. The zero-order valence-electron chi connectivity index (χ0n) is 22.6. The summed E-state index contributed by atoms with van der Waals surface area (Å²) in [6, 6.07) is 7.55. The molecule has 36 heavy (non-hydrogen) atoms. The van der Waals surface area contributed by atoms with E-state index in [0.29, 0.717) is 12.5 Å². The second kappa shape index (κ2) is 11.6. The van der Waals surface area contributed by atoms with E-state index in [1.807, 2.05) is 0 Å². The van der Waals surface area contributed by atoms with Crippen molar-refractivity contribution in [1.82, 2.24) is 9.62 Å². The number of piperazine rings is 1. The number of nitrogens with two attached hydrogens (primary N) is 1. The molecular weight excluding hydrogens is 496 g/mol. The van der Waals surface area contributed by atoms with E-state index in [1.54, 1.807) is 0 Å². The summed E-state index contributed by atoms with van der Waals surface area (Å²) in [5.74, 6) is -0.00603. The molecule has 8 nitrogen and oxygen atoms in total. The molecule has 0 aromatic heterocycles. The minimum atomic E-state index is -3.16. The van der Waals surface area contributed by atoms with Gasteiger partial charge in [-0.15, -0.1) is 0 Å². The van der Waals surface area contributed by atoms with Gasteiger partial charge in [-0.1, -0.05) is 45.9 Å². The third kappa shape index (κ3) is 6.75. The van der Waals surface area contributed by atoms with Crippen LogP contribution in [0.5, 0.6) is 0 Å². The maximum Gasteiger partial charge on any atom is 0.237 e. The highest BCUT2D eigenvalue weighted by Crippen LogP contribution is 2.56. The van der Waals surface area contributed by atoms with Crippen LogP contribution in [-0.4, -0.2) is 75.5 Å². The minimum absolute atomic E-state index is 0.0636. The molecule has 1 aliphatic carbocycles. The van der Waals surface area contributed by atoms with Gasteiger partial charge in [0.1, 0.15) is 9.84 Å². The SMILES string of the molecule is Cc1ccccc1N1CCN(SOCC2(C)[C@H](NC(=O)[C@@H](N)CCS(C)(=O)=O)CC(C)C2(C)C)CC1. The lowest BCUT2D eigenvalue weighted by atomic mass is 9.65. The van der Waals surface area contributed by atoms with E-state index in [2.05, 4.69) is 73.4 Å². The third-order valence-corrected chi connectivity index (χ3v) is 10.5. The summed E-state index contributed by atoms with van der Waals surface area (Å²) in [5.41, 5.74) is 8.26. The molecule has 10 heteroatoms. The molecule has 2 unspecified atom stereocenters. The van der Waals surface area contributed by atoms with Gasteiger partial charge >= 0.3 is 0 Å². The van der Waals surface area contributed by atoms with Crippen LogP contribution >= 0.6 is 12.2 Å². The normalized spacial score (nSPS) is 27.7. The molecule has 3 rings (SSSR count). The summed E-state index contributed by atoms with van der Waals surface area (Å²) in [5, 5.41) is 3.14. The summed E-state index contributed by atoms with van der Waals surface area (Å²) >= 11 is 1.43. The summed E-state index contributed by atoms with van der Waals surface area (Å²) in [6.45, 7) is 15.2. The number of sulfone groups is 1. The van der Waals surface area contributed by atoms with E-state index in [4.69, 9.17) is 9.92 Å². The molecule has 0 spiro atoms. The Labute approximate surface area is 221 Å². The van der Waals surface area contributed by atoms with Gasteiger partial charge in [0.05, 0.1) is 30.6 Å². The number of anilines is 1. The molecule has 0 radical (unpaired) electrons. The molecule has 2 fully saturated rings. The molecular formula is C26H44N4O4S2. The number of carbonyl (C=O) groups is 1. The van der Waals surface area contributed by atoms with Crippen LogP contribution in [0.3, 0.4) is 0 Å². The number of amides is 1. The van der Waals surface area contributed by atoms with Crippen LogP contribution in [0, 0.1) is 23.7 Å². The molecule has 1 heterocycles. The predicted octanol–water partition coefficient (Wildman–Crippen LogP) is 3.02. The highest BCUT2D eigenvalue weighted by Gasteiger charge is 2.56. The lowest BCUT2D eigenvalue weighted by Crippen LogP contribution is -2.54. The molecule has 1 aliphatic heterocycles. The van der Waals surface area contributed by atoms with Crippen molar-refractivity contribution in [2.24, 2.45) is 22.5 Å². The maximum atomic E-state index is 12.8. The van der Waals surface area contributed by atoms with Crippen molar-refractivity contribution < 1.29 is 17.4 Å². The lowest BCUT2D eigenvalue weighted by Gasteiger charge is -2.44. The van der Waals surface area contributed by atoms with Gasteiger partial charge in [0.15, 0.2) is 0 Å². The number of para-hydroxylation sites is 1. The van der Waals surface area contributed by atoms with Crippen molar-refractivity contribution in [3.8, 4) is 0 Å². The molecule has 204 valence electrons. The van der Waals surface area contributed by atoms with Crippen LogP contribution in [-0.2, 0) is 18.8 Å². The van der Waals surface area contributed by atoms with Crippen LogP contribution in [0.4, 0.5) is 5.69 Å². The Morgan fingerprint density at radius 2 is 1.86 bits per heavy atom. The van der Waals surface area contributed by atoms with E-state index in [0.717, 1.165) is 38.9 Å². The standard InChI is InChI=1S/C26H44N4O4S2/c1-19-9-7-8-10-22(19)29-12-14-30(15-13-29)35-34-18-26(5)23(17-20(2)25(26,3)4)28-24(31)21(27)11-16-36(6,32)33/h7-10,20-21,23H,11-18,27H2,1-6H3,(H,28,31)/t20?,21-,23+,26?/m0/s1. The van der Waals surface area contributed by atoms with Gasteiger partial charge in [0.25, 0.3) is 0 Å². The first kappa shape index (κ1) is 29.2. The number of aryl methyl sites for hydroxylation is 1. The van der Waals surface area contributed by atoms with Crippen molar-refractivity contribution in [3.05, 3.63) is 29.8 Å². The molecule has 1 aromatic carbocycles. The molecule has 1 saturated heterocycles. The minimum Gasteiger partial charge on any atom is -0.369 e. The van der Waals surface area contributed by atoms with Crippen molar-refractivity contribution >= 4 is 33.7 Å². The highest BCUT2D eigenvalue weighted by molar-refractivity contribution is 7.92. The zero-order chi connectivity index (χ0) is 26.7. The number of nitrogens with zero attached hydrogens (tertiary/aromatic N) is 2. The largest absolute Gasteiger partial charge is 0.369 e. The van der Waals surface area contributed by atoms with Gasteiger partial charge < -0.3 is 20.1 Å². The number of carbonyl (C=O) groups excluding carboxylic acids is 1. The van der Waals surface area contributed by atoms with Gasteiger partial charge in [0, 0.05) is 49.6 Å². The van der Waals surface area contributed by atoms with E-state index in [1.165, 1.54) is 23.5 Å². The van der Waals surface area contributed by atoms with Crippen LogP contribution < -0.4 is 16.0 Å². The molecule has 1 saturated carbocycles. The van der Waals surface area contributed by atoms with Gasteiger partial charge in [-0.2, -0.15) is 0 Å². The van der Waals surface area contributed by atoms with E-state index < -0.39 is 15.9 Å². The first-order chi connectivity index (χ1) is 16.7. The Morgan fingerprint density at radius 3 is 2.47 bits per heavy atom. The quantitative estimate of drug-likeness (QED) is 0.345. The lowest BCUT2D eigenvalue weighted by molar-refractivity contribution is -0.124. The average Bonchev–Trinajstić information content (AvgIpc) is 2.97. The zero-order valence-corrected chi connectivity index (χ0v) is 24.3. The first-order valence-electron chi connectivity index (χ1n) is 12.8. The first-order valence-corrected chi connectivity index (χ1v) is 15.6. The van der Waals surface area contributed by atoms with Crippen LogP contribution in [0.1, 0.15) is 46.1 Å². The number of nitrogens with one attached hydrogen (secondary N) is 1.